The molecule has 0 fully saturated rings. The molecule has 0 atom stereocenters. The molecule has 0 N–H and O–H groups in total. The summed E-state index contributed by atoms with van der Waals surface area (Å²) in [4.78, 5) is 2.60. The molecule has 0 saturated carbocycles. The molecule has 0 saturated heterocycles. The predicted molar refractivity (Wildman–Crippen MR) is 57.1 cm³/mol. The molecule has 4 heteroatoms. The quantitative estimate of drug-likeness (QED) is 0.292. The predicted octanol–water partition coefficient (Wildman–Crippen LogP) is 3.31. The second kappa shape index (κ2) is 5.18. The Morgan fingerprint density at radius 1 is 1.57 bits per heavy atom. The Balaban J connectivity index is 2.94. The number of benzene rings is 1. The molecule has 0 bridgehead atoms. The maximum Gasteiger partial charge on any atom is 0.0880 e. The molecule has 0 aliphatic rings. The SMILES string of the molecule is Cc1cccc(Cl)c1C#CCN=[N+]=[N-]. The fourth-order valence-electron chi connectivity index (χ4n) is 0.985. The number of aryl methyl sites for hydroxylation is 1. The van der Waals surface area contributed by atoms with Gasteiger partial charge < -0.3 is 0 Å². The number of nitrogens with zero attached hydrogens (tertiary/aromatic N) is 3. The lowest BCUT2D eigenvalue weighted by Gasteiger charge is -1.98. The lowest BCUT2D eigenvalue weighted by atomic mass is 10.1. The van der Waals surface area contributed by atoms with Gasteiger partial charge in [0.15, 0.2) is 0 Å². The summed E-state index contributed by atoms with van der Waals surface area (Å²) < 4.78 is 0. The zero-order valence-corrected chi connectivity index (χ0v) is 8.41. The van der Waals surface area contributed by atoms with Crippen LogP contribution in [0.5, 0.6) is 0 Å². The van der Waals surface area contributed by atoms with Crippen LogP contribution in [0.25, 0.3) is 10.4 Å². The van der Waals surface area contributed by atoms with Crippen molar-refractivity contribution in [2.75, 3.05) is 6.54 Å². The highest BCUT2D eigenvalue weighted by atomic mass is 35.5. The van der Waals surface area contributed by atoms with Crippen LogP contribution in [-0.4, -0.2) is 6.54 Å². The monoisotopic (exact) mass is 205 g/mol. The van der Waals surface area contributed by atoms with E-state index in [1.165, 1.54) is 0 Å². The largest absolute Gasteiger partial charge is 0.0918 e. The zero-order valence-electron chi connectivity index (χ0n) is 7.66. The molecule has 0 aromatic heterocycles. The van der Waals surface area contributed by atoms with Gasteiger partial charge in [-0.05, 0) is 24.1 Å². The van der Waals surface area contributed by atoms with Crippen LogP contribution in [0.3, 0.4) is 0 Å². The molecular formula is C10H8ClN3. The standard InChI is InChI=1S/C10H8ClN3/c1-8-4-2-6-10(11)9(8)5-3-7-13-14-12/h2,4,6H,7H2,1H3. The van der Waals surface area contributed by atoms with Crippen LogP contribution in [0.4, 0.5) is 0 Å². The van der Waals surface area contributed by atoms with Crippen molar-refractivity contribution in [3.05, 3.63) is 44.8 Å². The van der Waals surface area contributed by atoms with Crippen LogP contribution in [0, 0.1) is 18.8 Å². The first-order valence-electron chi connectivity index (χ1n) is 4.00. The molecule has 0 heterocycles. The number of hydrogen-bond acceptors (Lipinski definition) is 1. The molecule has 1 aromatic rings. The van der Waals surface area contributed by atoms with Crippen molar-refractivity contribution in [2.45, 2.75) is 6.92 Å². The molecule has 1 rings (SSSR count). The van der Waals surface area contributed by atoms with E-state index in [4.69, 9.17) is 17.1 Å². The lowest BCUT2D eigenvalue weighted by Crippen LogP contribution is -1.83. The van der Waals surface area contributed by atoms with Crippen molar-refractivity contribution >= 4 is 11.6 Å². The maximum absolute atomic E-state index is 8.04. The number of halogens is 1. The third kappa shape index (κ3) is 2.70. The third-order valence-electron chi connectivity index (χ3n) is 1.65. The summed E-state index contributed by atoms with van der Waals surface area (Å²) in [6.07, 6.45) is 0. The van der Waals surface area contributed by atoms with Crippen molar-refractivity contribution in [2.24, 2.45) is 5.11 Å². The van der Waals surface area contributed by atoms with Crippen LogP contribution in [0.15, 0.2) is 23.3 Å². The van der Waals surface area contributed by atoms with E-state index >= 15 is 0 Å². The van der Waals surface area contributed by atoms with Crippen molar-refractivity contribution in [1.29, 1.82) is 0 Å². The van der Waals surface area contributed by atoms with Gasteiger partial charge >= 0.3 is 0 Å². The highest BCUT2D eigenvalue weighted by Crippen LogP contribution is 2.17. The van der Waals surface area contributed by atoms with Crippen LogP contribution >= 0.6 is 11.6 Å². The Kier molecular flexibility index (Phi) is 3.87. The molecule has 0 aliphatic heterocycles. The van der Waals surface area contributed by atoms with E-state index in [0.717, 1.165) is 11.1 Å². The summed E-state index contributed by atoms with van der Waals surface area (Å²) in [5, 5.41) is 3.93. The molecule has 1 aromatic carbocycles. The smallest absolute Gasteiger partial charge is 0.0880 e. The van der Waals surface area contributed by atoms with Gasteiger partial charge in [0.05, 0.1) is 11.6 Å². The van der Waals surface area contributed by atoms with Gasteiger partial charge in [-0.15, -0.1) is 0 Å². The number of hydrogen-bond donors (Lipinski definition) is 0. The Bertz CT molecular complexity index is 416. The summed E-state index contributed by atoms with van der Waals surface area (Å²) in [6, 6.07) is 5.59. The van der Waals surface area contributed by atoms with Gasteiger partial charge in [0, 0.05) is 10.5 Å². The average Bonchev–Trinajstić information content (AvgIpc) is 2.16. The van der Waals surface area contributed by atoms with Crippen molar-refractivity contribution in [1.82, 2.24) is 0 Å². The minimum Gasteiger partial charge on any atom is -0.0918 e. The molecule has 0 unspecified atom stereocenters. The molecule has 3 nitrogen and oxygen atoms in total. The Morgan fingerprint density at radius 3 is 3.00 bits per heavy atom. The van der Waals surface area contributed by atoms with Crippen LogP contribution in [0.2, 0.25) is 5.02 Å². The van der Waals surface area contributed by atoms with E-state index in [1.54, 1.807) is 6.07 Å². The Labute approximate surface area is 87.3 Å². The third-order valence-corrected chi connectivity index (χ3v) is 1.96. The molecule has 14 heavy (non-hydrogen) atoms. The van der Waals surface area contributed by atoms with Crippen LogP contribution < -0.4 is 0 Å². The fourth-order valence-corrected chi connectivity index (χ4v) is 1.25. The first-order valence-corrected chi connectivity index (χ1v) is 4.38. The molecule has 0 amide bonds. The second-order valence-corrected chi connectivity index (χ2v) is 3.03. The normalized spacial score (nSPS) is 8.43. The number of azide groups is 1. The van der Waals surface area contributed by atoms with Crippen molar-refractivity contribution in [3.63, 3.8) is 0 Å². The zero-order chi connectivity index (χ0) is 10.4. The first kappa shape index (κ1) is 10.5. The highest BCUT2D eigenvalue weighted by Gasteiger charge is 1.98. The van der Waals surface area contributed by atoms with Gasteiger partial charge in [0.25, 0.3) is 0 Å². The first-order chi connectivity index (χ1) is 6.75. The van der Waals surface area contributed by atoms with Gasteiger partial charge in [-0.1, -0.05) is 40.7 Å². The van der Waals surface area contributed by atoms with Crippen molar-refractivity contribution < 1.29 is 0 Å². The van der Waals surface area contributed by atoms with Crippen molar-refractivity contribution in [3.8, 4) is 11.8 Å². The van der Waals surface area contributed by atoms with Gasteiger partial charge in [-0.2, -0.15) is 0 Å². The van der Waals surface area contributed by atoms with E-state index in [2.05, 4.69) is 21.9 Å². The van der Waals surface area contributed by atoms with E-state index in [1.807, 2.05) is 19.1 Å². The van der Waals surface area contributed by atoms with Crippen LogP contribution in [0.1, 0.15) is 11.1 Å². The van der Waals surface area contributed by atoms with Gasteiger partial charge in [-0.3, -0.25) is 0 Å². The molecule has 0 radical (unpaired) electrons. The van der Waals surface area contributed by atoms with E-state index in [9.17, 15) is 0 Å². The average molecular weight is 206 g/mol. The molecule has 70 valence electrons. The van der Waals surface area contributed by atoms with Gasteiger partial charge in [0.1, 0.15) is 0 Å². The summed E-state index contributed by atoms with van der Waals surface area (Å²) >= 11 is 5.94. The minimum absolute atomic E-state index is 0.168. The Hall–Kier alpha value is -1.62. The van der Waals surface area contributed by atoms with Crippen LogP contribution in [-0.2, 0) is 0 Å². The van der Waals surface area contributed by atoms with E-state index < -0.39 is 0 Å². The fraction of sp³-hybridized carbons (Fsp3) is 0.200. The van der Waals surface area contributed by atoms with E-state index in [0.29, 0.717) is 5.02 Å². The molecule has 0 aliphatic carbocycles. The number of rotatable bonds is 1. The van der Waals surface area contributed by atoms with Gasteiger partial charge in [0.2, 0.25) is 0 Å². The molecular weight excluding hydrogens is 198 g/mol. The summed E-state index contributed by atoms with van der Waals surface area (Å²) in [5.74, 6) is 5.60. The Morgan fingerprint density at radius 2 is 2.36 bits per heavy atom. The molecule has 0 spiro atoms. The second-order valence-electron chi connectivity index (χ2n) is 2.62. The van der Waals surface area contributed by atoms with Gasteiger partial charge in [-0.25, -0.2) is 0 Å². The topological polar surface area (TPSA) is 48.8 Å². The maximum atomic E-state index is 8.04. The highest BCUT2D eigenvalue weighted by molar-refractivity contribution is 6.31. The minimum atomic E-state index is 0.168. The van der Waals surface area contributed by atoms with E-state index in [-0.39, 0.29) is 6.54 Å². The summed E-state index contributed by atoms with van der Waals surface area (Å²) in [5.41, 5.74) is 9.85. The summed E-state index contributed by atoms with van der Waals surface area (Å²) in [7, 11) is 0. The summed E-state index contributed by atoms with van der Waals surface area (Å²) in [6.45, 7) is 2.10. The lowest BCUT2D eigenvalue weighted by molar-refractivity contribution is 1.25.